The number of halogens is 2. The van der Waals surface area contributed by atoms with Crippen molar-refractivity contribution in [1.29, 1.82) is 0 Å². The molecule has 4 aromatic rings. The maximum atomic E-state index is 14.1. The number of hydrogen-bond donors (Lipinski definition) is 1. The summed E-state index contributed by atoms with van der Waals surface area (Å²) in [5.74, 6) is -1.26. The first kappa shape index (κ1) is 12.7. The number of nitrogens with zero attached hydrogens (tertiary/aromatic N) is 2. The highest BCUT2D eigenvalue weighted by Gasteiger charge is 2.16. The van der Waals surface area contributed by atoms with Gasteiger partial charge in [-0.1, -0.05) is 18.2 Å². The van der Waals surface area contributed by atoms with Gasteiger partial charge in [0.15, 0.2) is 0 Å². The molecule has 0 unspecified atom stereocenters. The molecule has 0 spiro atoms. The van der Waals surface area contributed by atoms with E-state index in [0.717, 1.165) is 12.1 Å². The van der Waals surface area contributed by atoms with Crippen molar-refractivity contribution in [2.75, 3.05) is 0 Å². The predicted octanol–water partition coefficient (Wildman–Crippen LogP) is 3.15. The molecule has 0 radical (unpaired) electrons. The molecule has 0 amide bonds. The Morgan fingerprint density at radius 2 is 1.73 bits per heavy atom. The van der Waals surface area contributed by atoms with Gasteiger partial charge in [-0.15, -0.1) is 0 Å². The smallest absolute Gasteiger partial charge is 0.280 e. The molecule has 6 heteroatoms. The zero-order chi connectivity index (χ0) is 15.3. The summed E-state index contributed by atoms with van der Waals surface area (Å²) in [7, 11) is 0. The third-order valence-corrected chi connectivity index (χ3v) is 3.59. The highest BCUT2D eigenvalue weighted by Crippen LogP contribution is 2.25. The zero-order valence-electron chi connectivity index (χ0n) is 11.2. The van der Waals surface area contributed by atoms with Crippen LogP contribution in [0.3, 0.4) is 0 Å². The monoisotopic (exact) mass is 297 g/mol. The van der Waals surface area contributed by atoms with Crippen molar-refractivity contribution in [2.24, 2.45) is 0 Å². The lowest BCUT2D eigenvalue weighted by Crippen LogP contribution is -2.13. The van der Waals surface area contributed by atoms with E-state index in [-0.39, 0.29) is 27.4 Å². The van der Waals surface area contributed by atoms with E-state index in [1.165, 1.54) is 10.9 Å². The Morgan fingerprint density at radius 3 is 2.50 bits per heavy atom. The molecule has 2 heterocycles. The van der Waals surface area contributed by atoms with Gasteiger partial charge in [0, 0.05) is 6.20 Å². The maximum absolute atomic E-state index is 14.1. The van der Waals surface area contributed by atoms with E-state index in [4.69, 9.17) is 0 Å². The Kier molecular flexibility index (Phi) is 2.59. The van der Waals surface area contributed by atoms with E-state index < -0.39 is 11.6 Å². The van der Waals surface area contributed by atoms with Crippen LogP contribution in [0.1, 0.15) is 0 Å². The van der Waals surface area contributed by atoms with Crippen LogP contribution in [0.2, 0.25) is 0 Å². The molecule has 0 aliphatic rings. The average molecular weight is 297 g/mol. The molecule has 0 atom stereocenters. The van der Waals surface area contributed by atoms with Gasteiger partial charge in [0.1, 0.15) is 17.2 Å². The van der Waals surface area contributed by atoms with Crippen molar-refractivity contribution in [3.05, 3.63) is 70.6 Å². The molecule has 1 N–H and O–H groups in total. The highest BCUT2D eigenvalue weighted by atomic mass is 19.1. The van der Waals surface area contributed by atoms with Gasteiger partial charge >= 0.3 is 0 Å². The van der Waals surface area contributed by atoms with Crippen LogP contribution < -0.4 is 5.56 Å². The summed E-state index contributed by atoms with van der Waals surface area (Å²) in [5.41, 5.74) is 0.373. The van der Waals surface area contributed by atoms with Crippen molar-refractivity contribution in [1.82, 2.24) is 14.8 Å². The molecule has 0 aliphatic carbocycles. The molecular weight excluding hydrogens is 288 g/mol. The molecule has 0 fully saturated rings. The van der Waals surface area contributed by atoms with Crippen molar-refractivity contribution in [2.45, 2.75) is 0 Å². The summed E-state index contributed by atoms with van der Waals surface area (Å²) in [6.45, 7) is 0. The molecule has 4 rings (SSSR count). The third kappa shape index (κ3) is 1.67. The van der Waals surface area contributed by atoms with Crippen LogP contribution >= 0.6 is 0 Å². The van der Waals surface area contributed by atoms with Crippen molar-refractivity contribution in [3.8, 4) is 5.69 Å². The van der Waals surface area contributed by atoms with E-state index in [2.05, 4.69) is 10.1 Å². The summed E-state index contributed by atoms with van der Waals surface area (Å²) in [5, 5.41) is 3.03. The summed E-state index contributed by atoms with van der Waals surface area (Å²) >= 11 is 0. The van der Waals surface area contributed by atoms with E-state index in [0.29, 0.717) is 5.69 Å². The highest BCUT2D eigenvalue weighted by molar-refractivity contribution is 6.03. The quantitative estimate of drug-likeness (QED) is 0.587. The lowest BCUT2D eigenvalue weighted by atomic mass is 10.1. The van der Waals surface area contributed by atoms with Gasteiger partial charge in [-0.05, 0) is 24.3 Å². The molecule has 0 bridgehead atoms. The van der Waals surface area contributed by atoms with Gasteiger partial charge in [0.25, 0.3) is 5.56 Å². The van der Waals surface area contributed by atoms with Gasteiger partial charge in [-0.3, -0.25) is 14.9 Å². The van der Waals surface area contributed by atoms with Crippen LogP contribution in [0, 0.1) is 11.6 Å². The molecule has 2 aromatic heterocycles. The fourth-order valence-corrected chi connectivity index (χ4v) is 2.55. The second-order valence-electron chi connectivity index (χ2n) is 4.89. The minimum Gasteiger partial charge on any atom is -0.289 e. The first-order valence-corrected chi connectivity index (χ1v) is 6.59. The van der Waals surface area contributed by atoms with Crippen LogP contribution in [-0.2, 0) is 0 Å². The standard InChI is InChI=1S/C16H9F2N3O/c17-11-6-7-12(18)15-13(11)14-10(8-19-15)16(22)21(20-14)9-4-2-1-3-5-9/h1-8,20H. The molecule has 0 aliphatic heterocycles. The van der Waals surface area contributed by atoms with Gasteiger partial charge in [0.2, 0.25) is 0 Å². The van der Waals surface area contributed by atoms with Crippen molar-refractivity contribution < 1.29 is 8.78 Å². The molecule has 108 valence electrons. The molecule has 0 saturated heterocycles. The number of benzene rings is 2. The van der Waals surface area contributed by atoms with E-state index in [1.54, 1.807) is 24.3 Å². The van der Waals surface area contributed by atoms with Crippen LogP contribution in [0.25, 0.3) is 27.5 Å². The lowest BCUT2D eigenvalue weighted by Gasteiger charge is -2.01. The Labute approximate surface area is 122 Å². The van der Waals surface area contributed by atoms with Gasteiger partial charge in [-0.2, -0.15) is 0 Å². The van der Waals surface area contributed by atoms with Crippen molar-refractivity contribution >= 4 is 21.8 Å². The summed E-state index contributed by atoms with van der Waals surface area (Å²) < 4.78 is 29.2. The number of nitrogens with one attached hydrogen (secondary N) is 1. The Morgan fingerprint density at radius 1 is 1.00 bits per heavy atom. The summed E-state index contributed by atoms with van der Waals surface area (Å²) in [6, 6.07) is 10.9. The third-order valence-electron chi connectivity index (χ3n) is 3.59. The second-order valence-corrected chi connectivity index (χ2v) is 4.89. The molecule has 22 heavy (non-hydrogen) atoms. The molecule has 4 nitrogen and oxygen atoms in total. The minimum atomic E-state index is -0.633. The maximum Gasteiger partial charge on any atom is 0.280 e. The van der Waals surface area contributed by atoms with Crippen LogP contribution in [0.5, 0.6) is 0 Å². The summed E-state index contributed by atoms with van der Waals surface area (Å²) in [4.78, 5) is 16.3. The number of para-hydroxylation sites is 1. The van der Waals surface area contributed by atoms with Gasteiger partial charge in [-0.25, -0.2) is 13.5 Å². The number of H-pyrrole nitrogens is 1. The number of hydrogen-bond acceptors (Lipinski definition) is 2. The van der Waals surface area contributed by atoms with Gasteiger partial charge in [0.05, 0.1) is 22.0 Å². The van der Waals surface area contributed by atoms with E-state index >= 15 is 0 Å². The Bertz CT molecular complexity index is 1070. The number of aromatic amines is 1. The van der Waals surface area contributed by atoms with E-state index in [9.17, 15) is 13.6 Å². The topological polar surface area (TPSA) is 50.7 Å². The van der Waals surface area contributed by atoms with Crippen molar-refractivity contribution in [3.63, 3.8) is 0 Å². The molecule has 2 aromatic carbocycles. The predicted molar refractivity (Wildman–Crippen MR) is 79.1 cm³/mol. The lowest BCUT2D eigenvalue weighted by molar-refractivity contribution is 0.616. The minimum absolute atomic E-state index is 0.0238. The zero-order valence-corrected chi connectivity index (χ0v) is 11.2. The SMILES string of the molecule is O=c1c2cnc3c(F)ccc(F)c3c2[nH]n1-c1ccccc1. The van der Waals surface area contributed by atoms with Crippen LogP contribution in [0.15, 0.2) is 53.5 Å². The number of fused-ring (bicyclic) bond motifs is 3. The molecular formula is C16H9F2N3O. The van der Waals surface area contributed by atoms with Crippen LogP contribution in [0.4, 0.5) is 8.78 Å². The average Bonchev–Trinajstić information content (AvgIpc) is 2.89. The number of aromatic nitrogens is 3. The first-order chi connectivity index (χ1) is 10.7. The number of pyridine rings is 1. The Balaban J connectivity index is 2.17. The molecule has 0 saturated carbocycles. The van der Waals surface area contributed by atoms with Crippen LogP contribution in [-0.4, -0.2) is 14.8 Å². The normalized spacial score (nSPS) is 11.4. The van der Waals surface area contributed by atoms with Gasteiger partial charge < -0.3 is 0 Å². The largest absolute Gasteiger partial charge is 0.289 e. The first-order valence-electron chi connectivity index (χ1n) is 6.59. The number of rotatable bonds is 1. The van der Waals surface area contributed by atoms with E-state index in [1.807, 2.05) is 6.07 Å². The summed E-state index contributed by atoms with van der Waals surface area (Å²) in [6.07, 6.45) is 1.26. The fraction of sp³-hybridized carbons (Fsp3) is 0. The fourth-order valence-electron chi connectivity index (χ4n) is 2.55. The second kappa shape index (κ2) is 4.49. The Hall–Kier alpha value is -3.02.